The van der Waals surface area contributed by atoms with Crippen molar-refractivity contribution in [2.45, 2.75) is 31.8 Å². The van der Waals surface area contributed by atoms with Crippen molar-refractivity contribution in [2.24, 2.45) is 0 Å². The summed E-state index contributed by atoms with van der Waals surface area (Å²) in [6.45, 7) is 5.77. The molecule has 0 saturated carbocycles. The molecule has 24 heavy (non-hydrogen) atoms. The fourth-order valence-corrected chi connectivity index (χ4v) is 2.74. The maximum atomic E-state index is 13.1. The number of hydrogen-bond acceptors (Lipinski definition) is 3. The molecule has 0 fully saturated rings. The number of carbonyl (C=O) groups is 1. The van der Waals surface area contributed by atoms with Gasteiger partial charge in [-0.15, -0.1) is 11.8 Å². The van der Waals surface area contributed by atoms with Crippen molar-refractivity contribution in [3.05, 3.63) is 53.6 Å². The lowest BCUT2D eigenvalue weighted by molar-refractivity contribution is -0.113. The van der Waals surface area contributed by atoms with Crippen molar-refractivity contribution in [1.29, 1.82) is 0 Å². The summed E-state index contributed by atoms with van der Waals surface area (Å²) in [7, 11) is 0. The Morgan fingerprint density at radius 1 is 1.17 bits per heavy atom. The highest BCUT2D eigenvalue weighted by Gasteiger charge is 2.09. The third-order valence-corrected chi connectivity index (χ3v) is 4.10. The van der Waals surface area contributed by atoms with Crippen molar-refractivity contribution < 1.29 is 18.3 Å². The summed E-state index contributed by atoms with van der Waals surface area (Å²) in [4.78, 5) is 12.5. The van der Waals surface area contributed by atoms with E-state index in [2.05, 4.69) is 5.32 Å². The van der Waals surface area contributed by atoms with Crippen molar-refractivity contribution in [3.8, 4) is 5.75 Å². The zero-order chi connectivity index (χ0) is 17.7. The van der Waals surface area contributed by atoms with Crippen LogP contribution in [0, 0.1) is 18.6 Å². The maximum absolute atomic E-state index is 13.1. The minimum absolute atomic E-state index is 0.0809. The summed E-state index contributed by atoms with van der Waals surface area (Å²) >= 11 is 1.14. The SMILES string of the molecule is Cc1cc(OC(C)C)ccc1NC(=O)CSc1ccc(F)c(F)c1. The van der Waals surface area contributed by atoms with Gasteiger partial charge in [0.15, 0.2) is 11.6 Å². The number of ether oxygens (including phenoxy) is 1. The molecule has 2 rings (SSSR count). The van der Waals surface area contributed by atoms with E-state index in [9.17, 15) is 13.6 Å². The smallest absolute Gasteiger partial charge is 0.234 e. The summed E-state index contributed by atoms with van der Waals surface area (Å²) in [6.07, 6.45) is 0.0809. The highest BCUT2D eigenvalue weighted by Crippen LogP contribution is 2.24. The molecule has 3 nitrogen and oxygen atoms in total. The quantitative estimate of drug-likeness (QED) is 0.761. The molecule has 0 atom stereocenters. The predicted octanol–water partition coefficient (Wildman–Crippen LogP) is 4.79. The summed E-state index contributed by atoms with van der Waals surface area (Å²) in [5, 5.41) is 2.80. The van der Waals surface area contributed by atoms with Gasteiger partial charge in [0, 0.05) is 10.6 Å². The molecule has 0 aliphatic rings. The van der Waals surface area contributed by atoms with Gasteiger partial charge < -0.3 is 10.1 Å². The Labute approximate surface area is 144 Å². The van der Waals surface area contributed by atoms with Crippen LogP contribution >= 0.6 is 11.8 Å². The second-order valence-corrected chi connectivity index (χ2v) is 6.60. The molecule has 6 heteroatoms. The fourth-order valence-electron chi connectivity index (χ4n) is 2.02. The Kier molecular flexibility index (Phi) is 6.20. The van der Waals surface area contributed by atoms with Crippen LogP contribution in [0.2, 0.25) is 0 Å². The Bertz CT molecular complexity index is 735. The largest absolute Gasteiger partial charge is 0.491 e. The van der Waals surface area contributed by atoms with Gasteiger partial charge in [0.05, 0.1) is 11.9 Å². The molecule has 0 unspecified atom stereocenters. The second kappa shape index (κ2) is 8.15. The lowest BCUT2D eigenvalue weighted by Crippen LogP contribution is -2.15. The zero-order valence-corrected chi connectivity index (χ0v) is 14.5. The van der Waals surface area contributed by atoms with Gasteiger partial charge in [0.25, 0.3) is 0 Å². The second-order valence-electron chi connectivity index (χ2n) is 5.56. The van der Waals surface area contributed by atoms with E-state index in [1.165, 1.54) is 6.07 Å². The standard InChI is InChI=1S/C18H19F2NO2S/c1-11(2)23-13-4-7-17(12(3)8-13)21-18(22)10-24-14-5-6-15(19)16(20)9-14/h4-9,11H,10H2,1-3H3,(H,21,22). The average Bonchev–Trinajstić information content (AvgIpc) is 2.50. The van der Waals surface area contributed by atoms with E-state index in [0.717, 1.165) is 35.2 Å². The Hall–Kier alpha value is -2.08. The first-order valence-electron chi connectivity index (χ1n) is 7.50. The normalized spacial score (nSPS) is 10.8. The number of halogens is 2. The molecule has 0 bridgehead atoms. The van der Waals surface area contributed by atoms with E-state index in [4.69, 9.17) is 4.74 Å². The van der Waals surface area contributed by atoms with Gasteiger partial charge >= 0.3 is 0 Å². The maximum Gasteiger partial charge on any atom is 0.234 e. The van der Waals surface area contributed by atoms with E-state index >= 15 is 0 Å². The number of rotatable bonds is 6. The van der Waals surface area contributed by atoms with E-state index < -0.39 is 11.6 Å². The lowest BCUT2D eigenvalue weighted by Gasteiger charge is -2.13. The molecule has 0 aliphatic heterocycles. The highest BCUT2D eigenvalue weighted by molar-refractivity contribution is 8.00. The highest BCUT2D eigenvalue weighted by atomic mass is 32.2. The van der Waals surface area contributed by atoms with Gasteiger partial charge in [0.2, 0.25) is 5.91 Å². The number of aryl methyl sites for hydroxylation is 1. The van der Waals surface area contributed by atoms with Crippen LogP contribution in [0.25, 0.3) is 0 Å². The molecule has 0 saturated heterocycles. The minimum Gasteiger partial charge on any atom is -0.491 e. The molecular formula is C18H19F2NO2S. The van der Waals surface area contributed by atoms with Gasteiger partial charge in [-0.3, -0.25) is 4.79 Å². The van der Waals surface area contributed by atoms with Gasteiger partial charge in [-0.2, -0.15) is 0 Å². The Morgan fingerprint density at radius 2 is 1.92 bits per heavy atom. The van der Waals surface area contributed by atoms with Gasteiger partial charge in [-0.25, -0.2) is 8.78 Å². The van der Waals surface area contributed by atoms with Crippen LogP contribution in [0.4, 0.5) is 14.5 Å². The van der Waals surface area contributed by atoms with Gasteiger partial charge in [-0.05, 0) is 62.7 Å². The summed E-state index contributed by atoms with van der Waals surface area (Å²) in [6, 6.07) is 9.01. The van der Waals surface area contributed by atoms with E-state index in [-0.39, 0.29) is 17.8 Å². The molecule has 2 aromatic rings. The minimum atomic E-state index is -0.919. The number of carbonyl (C=O) groups excluding carboxylic acids is 1. The summed E-state index contributed by atoms with van der Waals surface area (Å²) < 4.78 is 31.6. The average molecular weight is 351 g/mol. The topological polar surface area (TPSA) is 38.3 Å². The number of benzene rings is 2. The first kappa shape index (κ1) is 18.3. The first-order valence-corrected chi connectivity index (χ1v) is 8.48. The number of anilines is 1. The van der Waals surface area contributed by atoms with Crippen molar-refractivity contribution in [2.75, 3.05) is 11.1 Å². The van der Waals surface area contributed by atoms with Crippen LogP contribution in [0.5, 0.6) is 5.75 Å². The van der Waals surface area contributed by atoms with Crippen molar-refractivity contribution in [3.63, 3.8) is 0 Å². The number of hydrogen-bond donors (Lipinski definition) is 1. The first-order chi connectivity index (χ1) is 11.3. The van der Waals surface area contributed by atoms with Crippen LogP contribution in [-0.2, 0) is 4.79 Å². The molecule has 1 N–H and O–H groups in total. The summed E-state index contributed by atoms with van der Waals surface area (Å²) in [5.74, 6) is -1.18. The lowest BCUT2D eigenvalue weighted by atomic mass is 10.2. The number of amides is 1. The molecule has 128 valence electrons. The van der Waals surface area contributed by atoms with E-state index in [1.807, 2.05) is 26.8 Å². The van der Waals surface area contributed by atoms with E-state index in [0.29, 0.717) is 10.6 Å². The Balaban J connectivity index is 1.93. The fraction of sp³-hybridized carbons (Fsp3) is 0.278. The van der Waals surface area contributed by atoms with Gasteiger partial charge in [-0.1, -0.05) is 0 Å². The third kappa shape index (κ3) is 5.23. The van der Waals surface area contributed by atoms with Crippen molar-refractivity contribution >= 4 is 23.4 Å². The van der Waals surface area contributed by atoms with Gasteiger partial charge in [0.1, 0.15) is 5.75 Å². The van der Waals surface area contributed by atoms with Crippen LogP contribution in [0.1, 0.15) is 19.4 Å². The molecule has 0 heterocycles. The monoisotopic (exact) mass is 351 g/mol. The van der Waals surface area contributed by atoms with Crippen LogP contribution in [-0.4, -0.2) is 17.8 Å². The molecule has 0 aromatic heterocycles. The van der Waals surface area contributed by atoms with Crippen LogP contribution in [0.15, 0.2) is 41.3 Å². The molecule has 1 amide bonds. The van der Waals surface area contributed by atoms with Crippen molar-refractivity contribution in [1.82, 2.24) is 0 Å². The molecular weight excluding hydrogens is 332 g/mol. The van der Waals surface area contributed by atoms with E-state index in [1.54, 1.807) is 12.1 Å². The zero-order valence-electron chi connectivity index (χ0n) is 13.7. The predicted molar refractivity (Wildman–Crippen MR) is 92.7 cm³/mol. The molecule has 2 aromatic carbocycles. The Morgan fingerprint density at radius 3 is 2.54 bits per heavy atom. The summed E-state index contributed by atoms with van der Waals surface area (Å²) in [5.41, 5.74) is 1.58. The number of thioether (sulfide) groups is 1. The third-order valence-electron chi connectivity index (χ3n) is 3.10. The molecule has 0 aliphatic carbocycles. The van der Waals surface area contributed by atoms with Crippen LogP contribution < -0.4 is 10.1 Å². The molecule has 0 spiro atoms. The molecule has 0 radical (unpaired) electrons. The van der Waals surface area contributed by atoms with Crippen LogP contribution in [0.3, 0.4) is 0 Å². The number of nitrogens with one attached hydrogen (secondary N) is 1.